The number of hydrogen-bond donors (Lipinski definition) is 3. The molecule has 0 spiro atoms. The van der Waals surface area contributed by atoms with E-state index in [0.29, 0.717) is 12.8 Å². The van der Waals surface area contributed by atoms with Crippen LogP contribution in [0.5, 0.6) is 0 Å². The minimum absolute atomic E-state index is 0.269. The summed E-state index contributed by atoms with van der Waals surface area (Å²) in [6.07, 6.45) is 47.7. The number of amides is 1. The Morgan fingerprint density at radius 2 is 0.980 bits per heavy atom. The molecule has 0 fully saturated rings. The fourth-order valence-corrected chi connectivity index (χ4v) is 6.79. The smallest absolute Gasteiger partial charge is 0.266 e. The number of carbonyl (C=O) groups is 1. The monoisotopic (exact) mass is 708 g/mol. The predicted molar refractivity (Wildman–Crippen MR) is 212 cm³/mol. The third-order valence-electron chi connectivity index (χ3n) is 9.05. The van der Waals surface area contributed by atoms with Gasteiger partial charge in [0.15, 0.2) is 0 Å². The van der Waals surface area contributed by atoms with Gasteiger partial charge in [-0.2, -0.15) is 8.42 Å². The third kappa shape index (κ3) is 37.4. The fourth-order valence-electron chi connectivity index (χ4n) is 6.03. The van der Waals surface area contributed by atoms with Crippen LogP contribution in [-0.4, -0.2) is 41.9 Å². The maximum absolute atomic E-state index is 12.5. The molecule has 0 aromatic carbocycles. The quantitative estimate of drug-likeness (QED) is 0.0342. The summed E-state index contributed by atoms with van der Waals surface area (Å²) < 4.78 is 32.5. The van der Waals surface area contributed by atoms with E-state index in [1.165, 1.54) is 89.9 Å². The molecule has 49 heavy (non-hydrogen) atoms. The molecule has 0 aliphatic heterocycles. The molecule has 0 rings (SSSR count). The fraction of sp³-hybridized carbons (Fsp3) is 0.786. The number of hydrogen-bond acceptors (Lipinski definition) is 4. The Morgan fingerprint density at radius 3 is 1.45 bits per heavy atom. The normalized spacial score (nSPS) is 13.8. The van der Waals surface area contributed by atoms with Gasteiger partial charge in [0, 0.05) is 6.42 Å². The summed E-state index contributed by atoms with van der Waals surface area (Å²) in [4.78, 5) is 12.5. The second kappa shape index (κ2) is 36.1. The average Bonchev–Trinajstić information content (AvgIpc) is 3.06. The standard InChI is InChI=1S/C42H77NO5S/c1-3-5-7-9-11-13-15-17-19-21-23-25-27-29-31-33-35-37-41(44)40(39-49(46,47)48)43-42(45)38-36-34-32-30-28-26-24-22-20-18-16-14-12-10-8-6-4-2/h6,8,12,14,18,20,24,26,40-41,44H,3-5,7,9-11,13,15-17,19,21-23,25,27-39H2,1-2H3,(H,43,45)(H,46,47,48)/b8-6-,14-12-,20-18-,26-24-. The molecule has 0 aromatic rings. The SMILES string of the molecule is CC/C=C\C/C=C\C/C=C\C/C=C\CCCCCCC(=O)NC(CS(=O)(=O)O)C(O)CCCCCCCCCCCCCCCCCCC. The molecule has 0 saturated carbocycles. The third-order valence-corrected chi connectivity index (χ3v) is 9.83. The zero-order chi connectivity index (χ0) is 36.1. The summed E-state index contributed by atoms with van der Waals surface area (Å²) in [5.41, 5.74) is 0. The van der Waals surface area contributed by atoms with Crippen molar-refractivity contribution in [2.24, 2.45) is 0 Å². The number of rotatable bonds is 36. The second-order valence-corrected chi connectivity index (χ2v) is 15.4. The summed E-state index contributed by atoms with van der Waals surface area (Å²) in [6.45, 7) is 4.41. The molecular formula is C42H77NO5S. The first kappa shape index (κ1) is 47.3. The topological polar surface area (TPSA) is 104 Å². The number of unbranched alkanes of at least 4 members (excludes halogenated alkanes) is 20. The van der Waals surface area contributed by atoms with Gasteiger partial charge in [0.25, 0.3) is 10.1 Å². The van der Waals surface area contributed by atoms with E-state index in [2.05, 4.69) is 67.8 Å². The highest BCUT2D eigenvalue weighted by atomic mass is 32.2. The van der Waals surface area contributed by atoms with Crippen LogP contribution in [0.3, 0.4) is 0 Å². The highest BCUT2D eigenvalue weighted by Gasteiger charge is 2.26. The summed E-state index contributed by atoms with van der Waals surface area (Å²) in [5, 5.41) is 13.3. The lowest BCUT2D eigenvalue weighted by molar-refractivity contribution is -0.122. The lowest BCUT2D eigenvalue weighted by atomic mass is 10.0. The van der Waals surface area contributed by atoms with E-state index in [4.69, 9.17) is 0 Å². The Kier molecular flexibility index (Phi) is 34.9. The van der Waals surface area contributed by atoms with Crippen molar-refractivity contribution in [2.45, 2.75) is 206 Å². The van der Waals surface area contributed by atoms with Crippen LogP contribution in [0.25, 0.3) is 0 Å². The van der Waals surface area contributed by atoms with Crippen LogP contribution in [-0.2, 0) is 14.9 Å². The summed E-state index contributed by atoms with van der Waals surface area (Å²) in [5.74, 6) is -0.928. The van der Waals surface area contributed by atoms with Gasteiger partial charge in [0.2, 0.25) is 5.91 Å². The Bertz CT molecular complexity index is 956. The minimum atomic E-state index is -4.32. The first-order valence-electron chi connectivity index (χ1n) is 20.3. The van der Waals surface area contributed by atoms with Gasteiger partial charge in [0.05, 0.1) is 17.9 Å². The summed E-state index contributed by atoms with van der Waals surface area (Å²) in [7, 11) is -4.32. The number of aliphatic hydroxyl groups is 1. The maximum atomic E-state index is 12.5. The van der Waals surface area contributed by atoms with E-state index in [1.54, 1.807) is 0 Å². The Hall–Kier alpha value is -1.70. The zero-order valence-electron chi connectivity index (χ0n) is 31.8. The Labute approximate surface area is 303 Å². The van der Waals surface area contributed by atoms with Crippen LogP contribution in [0.2, 0.25) is 0 Å². The van der Waals surface area contributed by atoms with Crippen LogP contribution in [0.4, 0.5) is 0 Å². The lowest BCUT2D eigenvalue weighted by Gasteiger charge is -2.23. The molecule has 7 heteroatoms. The van der Waals surface area contributed by atoms with Gasteiger partial charge < -0.3 is 10.4 Å². The van der Waals surface area contributed by atoms with Crippen molar-refractivity contribution < 1.29 is 22.9 Å². The highest BCUT2D eigenvalue weighted by Crippen LogP contribution is 2.16. The Balaban J connectivity index is 3.93. The molecule has 2 unspecified atom stereocenters. The minimum Gasteiger partial charge on any atom is -0.391 e. The molecule has 6 nitrogen and oxygen atoms in total. The first-order chi connectivity index (χ1) is 23.8. The van der Waals surface area contributed by atoms with Crippen LogP contribution in [0.1, 0.15) is 194 Å². The van der Waals surface area contributed by atoms with Crippen LogP contribution in [0.15, 0.2) is 48.6 Å². The molecule has 0 aliphatic carbocycles. The summed E-state index contributed by atoms with van der Waals surface area (Å²) >= 11 is 0. The Morgan fingerprint density at radius 1 is 0.571 bits per heavy atom. The van der Waals surface area contributed by atoms with Crippen molar-refractivity contribution in [2.75, 3.05) is 5.75 Å². The predicted octanol–water partition coefficient (Wildman–Crippen LogP) is 11.9. The maximum Gasteiger partial charge on any atom is 0.266 e. The van der Waals surface area contributed by atoms with Crippen molar-refractivity contribution in [3.63, 3.8) is 0 Å². The van der Waals surface area contributed by atoms with Crippen molar-refractivity contribution in [3.05, 3.63) is 48.6 Å². The van der Waals surface area contributed by atoms with Gasteiger partial charge in [-0.05, 0) is 51.4 Å². The molecule has 0 heterocycles. The van der Waals surface area contributed by atoms with Gasteiger partial charge in [-0.25, -0.2) is 0 Å². The highest BCUT2D eigenvalue weighted by molar-refractivity contribution is 7.85. The molecular weight excluding hydrogens is 631 g/mol. The van der Waals surface area contributed by atoms with E-state index < -0.39 is 28.0 Å². The molecule has 1 amide bonds. The largest absolute Gasteiger partial charge is 0.391 e. The number of nitrogens with one attached hydrogen (secondary N) is 1. The molecule has 0 aliphatic rings. The molecule has 2 atom stereocenters. The molecule has 0 bridgehead atoms. The van der Waals surface area contributed by atoms with Crippen molar-refractivity contribution >= 4 is 16.0 Å². The molecule has 3 N–H and O–H groups in total. The zero-order valence-corrected chi connectivity index (χ0v) is 32.6. The van der Waals surface area contributed by atoms with Crippen LogP contribution < -0.4 is 5.32 Å². The molecule has 0 saturated heterocycles. The van der Waals surface area contributed by atoms with E-state index in [0.717, 1.165) is 70.6 Å². The lowest BCUT2D eigenvalue weighted by Crippen LogP contribution is -2.47. The molecule has 0 radical (unpaired) electrons. The number of carbonyl (C=O) groups excluding carboxylic acids is 1. The second-order valence-electron chi connectivity index (χ2n) is 13.9. The van der Waals surface area contributed by atoms with E-state index >= 15 is 0 Å². The van der Waals surface area contributed by atoms with Crippen LogP contribution >= 0.6 is 0 Å². The van der Waals surface area contributed by atoms with Crippen LogP contribution in [0, 0.1) is 0 Å². The average molecular weight is 708 g/mol. The van der Waals surface area contributed by atoms with Gasteiger partial charge in [0.1, 0.15) is 0 Å². The van der Waals surface area contributed by atoms with Gasteiger partial charge in [-0.1, -0.05) is 184 Å². The number of allylic oxidation sites excluding steroid dienone is 8. The van der Waals surface area contributed by atoms with Gasteiger partial charge >= 0.3 is 0 Å². The van der Waals surface area contributed by atoms with Gasteiger partial charge in [-0.3, -0.25) is 9.35 Å². The van der Waals surface area contributed by atoms with Crippen molar-refractivity contribution in [1.29, 1.82) is 0 Å². The van der Waals surface area contributed by atoms with E-state index in [9.17, 15) is 22.9 Å². The summed E-state index contributed by atoms with van der Waals surface area (Å²) in [6, 6.07) is -0.985. The van der Waals surface area contributed by atoms with E-state index in [-0.39, 0.29) is 12.3 Å². The van der Waals surface area contributed by atoms with Crippen molar-refractivity contribution in [1.82, 2.24) is 5.32 Å². The van der Waals surface area contributed by atoms with E-state index in [1.807, 2.05) is 0 Å². The van der Waals surface area contributed by atoms with Gasteiger partial charge in [-0.15, -0.1) is 0 Å². The first-order valence-corrected chi connectivity index (χ1v) is 21.9. The number of aliphatic hydroxyl groups excluding tert-OH is 1. The van der Waals surface area contributed by atoms with Crippen molar-refractivity contribution in [3.8, 4) is 0 Å². The molecule has 0 aromatic heterocycles. The molecule has 286 valence electrons.